The minimum absolute atomic E-state index is 0.0265. The van der Waals surface area contributed by atoms with Gasteiger partial charge in [-0.25, -0.2) is 4.39 Å². The molecule has 6 nitrogen and oxygen atoms in total. The van der Waals surface area contributed by atoms with Crippen LogP contribution >= 0.6 is 0 Å². The van der Waals surface area contributed by atoms with Crippen LogP contribution in [0.2, 0.25) is 0 Å². The first-order valence-electron chi connectivity index (χ1n) is 10.4. The lowest BCUT2D eigenvalue weighted by molar-refractivity contribution is 0.414. The molecule has 5 aromatic rings. The summed E-state index contributed by atoms with van der Waals surface area (Å²) in [7, 11) is 3.21. The fraction of sp³-hybridized carbons (Fsp3) is 0.115. The third kappa shape index (κ3) is 3.47. The second-order valence-electron chi connectivity index (χ2n) is 7.60. The third-order valence-electron chi connectivity index (χ3n) is 5.76. The van der Waals surface area contributed by atoms with Crippen molar-refractivity contribution in [2.45, 2.75) is 6.54 Å². The van der Waals surface area contributed by atoms with Crippen LogP contribution in [0.3, 0.4) is 0 Å². The number of fused-ring (bicyclic) bond motifs is 1. The molecule has 0 saturated heterocycles. The van der Waals surface area contributed by atoms with Crippen molar-refractivity contribution in [3.8, 4) is 39.9 Å². The summed E-state index contributed by atoms with van der Waals surface area (Å²) in [5, 5.41) is 19.4. The van der Waals surface area contributed by atoms with Gasteiger partial charge in [-0.15, -0.1) is 0 Å². The lowest BCUT2D eigenvalue weighted by Gasteiger charge is -2.15. The van der Waals surface area contributed by atoms with E-state index in [0.29, 0.717) is 28.2 Å². The van der Waals surface area contributed by atoms with Crippen molar-refractivity contribution in [1.29, 1.82) is 0 Å². The number of H-pyrrole nitrogens is 1. The first-order chi connectivity index (χ1) is 16.1. The number of rotatable bonds is 6. The zero-order chi connectivity index (χ0) is 22.9. The first kappa shape index (κ1) is 20.6. The molecule has 5 rings (SSSR count). The summed E-state index contributed by atoms with van der Waals surface area (Å²) in [6.07, 6.45) is 0. The summed E-state index contributed by atoms with van der Waals surface area (Å²) in [6.45, 7) is 0.135. The molecule has 0 fully saturated rings. The molecule has 0 aliphatic rings. The molecule has 0 spiro atoms. The normalized spacial score (nSPS) is 11.1. The Morgan fingerprint density at radius 3 is 2.39 bits per heavy atom. The van der Waals surface area contributed by atoms with Gasteiger partial charge in [-0.3, -0.25) is 5.10 Å². The van der Waals surface area contributed by atoms with Gasteiger partial charge in [0.1, 0.15) is 28.5 Å². The van der Waals surface area contributed by atoms with Gasteiger partial charge in [0.25, 0.3) is 0 Å². The SMILES string of the molecule is COc1ccc(-c2n[nH]c3c(O)n(Cc4ccccc4F)c(-c4ccccc4OC)c23)cc1. The number of ether oxygens (including phenoxy) is 2. The van der Waals surface area contributed by atoms with Crippen molar-refractivity contribution in [2.75, 3.05) is 14.2 Å². The van der Waals surface area contributed by atoms with E-state index < -0.39 is 0 Å². The van der Waals surface area contributed by atoms with Crippen LogP contribution in [0.5, 0.6) is 17.4 Å². The number of hydrogen-bond acceptors (Lipinski definition) is 4. The Hall–Kier alpha value is -4.26. The standard InChI is InChI=1S/C26H22FN3O3/c1-32-18-13-11-16(12-14-18)23-22-24(29-28-23)26(31)30(15-17-7-3-5-9-20(17)27)25(22)19-8-4-6-10-21(19)33-2/h3-14,29,31H,15H2,1-2H3. The van der Waals surface area contributed by atoms with Crippen molar-refractivity contribution in [2.24, 2.45) is 0 Å². The molecule has 0 unspecified atom stereocenters. The molecule has 3 aromatic carbocycles. The maximum Gasteiger partial charge on any atom is 0.218 e. The smallest absolute Gasteiger partial charge is 0.218 e. The quantitative estimate of drug-likeness (QED) is 0.358. The molecular weight excluding hydrogens is 421 g/mol. The Morgan fingerprint density at radius 1 is 0.939 bits per heavy atom. The maximum atomic E-state index is 14.5. The fourth-order valence-electron chi connectivity index (χ4n) is 4.14. The molecule has 0 bridgehead atoms. The Labute approximate surface area is 189 Å². The third-order valence-corrected chi connectivity index (χ3v) is 5.76. The van der Waals surface area contributed by atoms with Gasteiger partial charge in [0, 0.05) is 16.7 Å². The minimum atomic E-state index is -0.339. The molecule has 0 radical (unpaired) electrons. The Morgan fingerprint density at radius 2 is 1.67 bits per heavy atom. The van der Waals surface area contributed by atoms with Crippen LogP contribution in [0.25, 0.3) is 33.4 Å². The van der Waals surface area contributed by atoms with Gasteiger partial charge < -0.3 is 19.1 Å². The number of methoxy groups -OCH3 is 2. The molecular formula is C26H22FN3O3. The topological polar surface area (TPSA) is 72.3 Å². The molecule has 0 aliphatic carbocycles. The predicted octanol–water partition coefficient (Wildman–Crippen LogP) is 5.61. The lowest BCUT2D eigenvalue weighted by Crippen LogP contribution is -2.04. The molecule has 2 N–H and O–H groups in total. The second kappa shape index (κ2) is 8.35. The summed E-state index contributed by atoms with van der Waals surface area (Å²) in [4.78, 5) is 0. The molecule has 0 atom stereocenters. The highest BCUT2D eigenvalue weighted by atomic mass is 19.1. The Balaban J connectivity index is 1.80. The van der Waals surface area contributed by atoms with Crippen LogP contribution in [-0.2, 0) is 6.54 Å². The highest BCUT2D eigenvalue weighted by molar-refractivity contribution is 6.07. The number of halogens is 1. The number of nitrogens with zero attached hydrogens (tertiary/aromatic N) is 2. The van der Waals surface area contributed by atoms with Crippen molar-refractivity contribution in [3.05, 3.63) is 84.2 Å². The van der Waals surface area contributed by atoms with Crippen molar-refractivity contribution in [3.63, 3.8) is 0 Å². The summed E-state index contributed by atoms with van der Waals surface area (Å²) < 4.78 is 27.1. The molecule has 33 heavy (non-hydrogen) atoms. The number of aromatic nitrogens is 3. The predicted molar refractivity (Wildman–Crippen MR) is 125 cm³/mol. The highest BCUT2D eigenvalue weighted by Crippen LogP contribution is 2.45. The molecule has 0 amide bonds. The highest BCUT2D eigenvalue weighted by Gasteiger charge is 2.26. The summed E-state index contributed by atoms with van der Waals surface area (Å²) in [5.41, 5.74) is 3.89. The molecule has 0 saturated carbocycles. The van der Waals surface area contributed by atoms with Crippen LogP contribution in [-0.4, -0.2) is 34.1 Å². The Bertz CT molecular complexity index is 1440. The average molecular weight is 443 g/mol. The number of aromatic hydroxyl groups is 1. The zero-order valence-electron chi connectivity index (χ0n) is 18.2. The fourth-order valence-corrected chi connectivity index (χ4v) is 4.14. The van der Waals surface area contributed by atoms with Gasteiger partial charge in [-0.1, -0.05) is 30.3 Å². The number of para-hydroxylation sites is 1. The van der Waals surface area contributed by atoms with E-state index in [4.69, 9.17) is 9.47 Å². The van der Waals surface area contributed by atoms with E-state index in [9.17, 15) is 9.50 Å². The molecule has 7 heteroatoms. The van der Waals surface area contributed by atoms with Crippen LogP contribution in [0.1, 0.15) is 5.56 Å². The second-order valence-corrected chi connectivity index (χ2v) is 7.60. The van der Waals surface area contributed by atoms with Gasteiger partial charge >= 0.3 is 0 Å². The van der Waals surface area contributed by atoms with E-state index in [1.54, 1.807) is 37.0 Å². The summed E-state index contributed by atoms with van der Waals surface area (Å²) in [5.74, 6) is 0.999. The summed E-state index contributed by atoms with van der Waals surface area (Å²) >= 11 is 0. The number of hydrogen-bond donors (Lipinski definition) is 2. The number of benzene rings is 3. The van der Waals surface area contributed by atoms with Crippen molar-refractivity contribution >= 4 is 10.9 Å². The monoisotopic (exact) mass is 443 g/mol. The van der Waals surface area contributed by atoms with E-state index in [1.807, 2.05) is 48.5 Å². The van der Waals surface area contributed by atoms with Gasteiger partial charge in [0.05, 0.1) is 31.8 Å². The summed E-state index contributed by atoms with van der Waals surface area (Å²) in [6, 6.07) is 21.6. The molecule has 2 aromatic heterocycles. The van der Waals surface area contributed by atoms with E-state index in [-0.39, 0.29) is 18.2 Å². The largest absolute Gasteiger partial charge is 0.497 e. The minimum Gasteiger partial charge on any atom is -0.497 e. The van der Waals surface area contributed by atoms with Gasteiger partial charge in [0.15, 0.2) is 0 Å². The van der Waals surface area contributed by atoms with Crippen molar-refractivity contribution in [1.82, 2.24) is 14.8 Å². The van der Waals surface area contributed by atoms with Crippen LogP contribution in [0.15, 0.2) is 72.8 Å². The van der Waals surface area contributed by atoms with Gasteiger partial charge in [0.2, 0.25) is 5.88 Å². The van der Waals surface area contributed by atoms with E-state index in [0.717, 1.165) is 22.3 Å². The molecule has 0 aliphatic heterocycles. The maximum absolute atomic E-state index is 14.5. The van der Waals surface area contributed by atoms with E-state index in [1.165, 1.54) is 6.07 Å². The van der Waals surface area contributed by atoms with Crippen LogP contribution in [0, 0.1) is 5.82 Å². The first-order valence-corrected chi connectivity index (χ1v) is 10.4. The average Bonchev–Trinajstić information content (AvgIpc) is 3.39. The van der Waals surface area contributed by atoms with E-state index >= 15 is 0 Å². The van der Waals surface area contributed by atoms with Crippen LogP contribution in [0.4, 0.5) is 4.39 Å². The van der Waals surface area contributed by atoms with E-state index in [2.05, 4.69) is 10.2 Å². The van der Waals surface area contributed by atoms with Crippen molar-refractivity contribution < 1.29 is 19.0 Å². The number of nitrogens with one attached hydrogen (secondary N) is 1. The van der Waals surface area contributed by atoms with Gasteiger partial charge in [-0.2, -0.15) is 5.10 Å². The zero-order valence-corrected chi connectivity index (χ0v) is 18.2. The van der Waals surface area contributed by atoms with Gasteiger partial charge in [-0.05, 0) is 42.5 Å². The number of aromatic amines is 1. The van der Waals surface area contributed by atoms with Crippen LogP contribution < -0.4 is 9.47 Å². The lowest BCUT2D eigenvalue weighted by atomic mass is 10.0. The molecule has 2 heterocycles. The Kier molecular flexibility index (Phi) is 5.22. The molecule has 166 valence electrons.